The summed E-state index contributed by atoms with van der Waals surface area (Å²) in [6.07, 6.45) is 6.25. The molecule has 3 aromatic heterocycles. The van der Waals surface area contributed by atoms with E-state index in [0.717, 1.165) is 40.9 Å². The van der Waals surface area contributed by atoms with Gasteiger partial charge in [-0.15, -0.1) is 10.2 Å². The molecule has 0 spiro atoms. The van der Waals surface area contributed by atoms with Crippen molar-refractivity contribution in [3.05, 3.63) is 53.7 Å². The van der Waals surface area contributed by atoms with E-state index in [1.165, 1.54) is 23.8 Å². The highest BCUT2D eigenvalue weighted by molar-refractivity contribution is 5.93. The number of pyridine rings is 1. The molecular formula is C25H29N5O. The molecule has 6 nitrogen and oxygen atoms in total. The number of nitrogens with two attached hydrogens (primary N) is 1. The van der Waals surface area contributed by atoms with Gasteiger partial charge in [-0.2, -0.15) is 0 Å². The Labute approximate surface area is 182 Å². The first kappa shape index (κ1) is 19.9. The van der Waals surface area contributed by atoms with Crippen LogP contribution < -0.4 is 5.73 Å². The molecule has 1 aromatic carbocycles. The van der Waals surface area contributed by atoms with Gasteiger partial charge >= 0.3 is 0 Å². The summed E-state index contributed by atoms with van der Waals surface area (Å²) in [4.78, 5) is 7.96. The van der Waals surface area contributed by atoms with E-state index < -0.39 is 0 Å². The van der Waals surface area contributed by atoms with Gasteiger partial charge in [-0.25, -0.2) is 0 Å². The Morgan fingerprint density at radius 1 is 1.06 bits per heavy atom. The topological polar surface area (TPSA) is 93.6 Å². The van der Waals surface area contributed by atoms with Crippen LogP contribution in [0.2, 0.25) is 0 Å². The summed E-state index contributed by atoms with van der Waals surface area (Å²) < 4.78 is 6.12. The molecule has 1 saturated carbocycles. The average Bonchev–Trinajstić information content (AvgIpc) is 3.38. The standard InChI is InChI=1S/C25H29N5O/c1-14(2)22-19-13-17(24-29-30-25(31-24)18-6-4-5-7-20(18)26)8-9-21(19)28-23(22)16-10-11-27-15(3)12-16/h8-14,18,20,28H,4-7,26H2,1-3H3/t18-,20+/m1/s1. The summed E-state index contributed by atoms with van der Waals surface area (Å²) >= 11 is 0. The van der Waals surface area contributed by atoms with E-state index in [9.17, 15) is 0 Å². The minimum absolute atomic E-state index is 0.105. The molecule has 3 heterocycles. The summed E-state index contributed by atoms with van der Waals surface area (Å²) in [5.41, 5.74) is 13.0. The summed E-state index contributed by atoms with van der Waals surface area (Å²) in [5.74, 6) is 1.75. The van der Waals surface area contributed by atoms with Crippen molar-refractivity contribution < 1.29 is 4.42 Å². The molecule has 2 atom stereocenters. The molecule has 3 N–H and O–H groups in total. The molecule has 160 valence electrons. The van der Waals surface area contributed by atoms with E-state index >= 15 is 0 Å². The van der Waals surface area contributed by atoms with E-state index in [4.69, 9.17) is 10.2 Å². The summed E-state index contributed by atoms with van der Waals surface area (Å²) in [6.45, 7) is 6.47. The van der Waals surface area contributed by atoms with Crippen molar-refractivity contribution in [3.8, 4) is 22.7 Å². The van der Waals surface area contributed by atoms with Crippen LogP contribution in [0.5, 0.6) is 0 Å². The van der Waals surface area contributed by atoms with Crippen LogP contribution in [0.25, 0.3) is 33.6 Å². The van der Waals surface area contributed by atoms with E-state index in [-0.39, 0.29) is 12.0 Å². The maximum atomic E-state index is 6.32. The zero-order valence-corrected chi connectivity index (χ0v) is 18.4. The number of rotatable bonds is 4. The second-order valence-corrected chi connectivity index (χ2v) is 9.01. The SMILES string of the molecule is Cc1cc(-c2[nH]c3ccc(-c4nnc([C@@H]5CCCC[C@@H]5N)o4)cc3c2C(C)C)ccn1. The highest BCUT2D eigenvalue weighted by Crippen LogP contribution is 2.38. The molecule has 1 fully saturated rings. The van der Waals surface area contributed by atoms with Crippen LogP contribution >= 0.6 is 0 Å². The maximum absolute atomic E-state index is 6.32. The number of nitrogens with zero attached hydrogens (tertiary/aromatic N) is 3. The zero-order chi connectivity index (χ0) is 21.5. The molecule has 0 radical (unpaired) electrons. The smallest absolute Gasteiger partial charge is 0.247 e. The van der Waals surface area contributed by atoms with E-state index in [0.29, 0.717) is 17.7 Å². The van der Waals surface area contributed by atoms with E-state index in [1.807, 2.05) is 19.2 Å². The van der Waals surface area contributed by atoms with Crippen LogP contribution in [0.4, 0.5) is 0 Å². The zero-order valence-electron chi connectivity index (χ0n) is 18.4. The predicted molar refractivity (Wildman–Crippen MR) is 123 cm³/mol. The lowest BCUT2D eigenvalue weighted by Crippen LogP contribution is -2.31. The first-order valence-electron chi connectivity index (χ1n) is 11.2. The van der Waals surface area contributed by atoms with Crippen molar-refractivity contribution in [2.75, 3.05) is 0 Å². The van der Waals surface area contributed by atoms with Crippen molar-refractivity contribution in [3.63, 3.8) is 0 Å². The van der Waals surface area contributed by atoms with Gasteiger partial charge in [0.1, 0.15) is 0 Å². The highest BCUT2D eigenvalue weighted by atomic mass is 16.4. The van der Waals surface area contributed by atoms with Crippen molar-refractivity contribution in [1.82, 2.24) is 20.2 Å². The first-order valence-corrected chi connectivity index (χ1v) is 11.2. The van der Waals surface area contributed by atoms with Crippen LogP contribution in [0.15, 0.2) is 40.9 Å². The van der Waals surface area contributed by atoms with E-state index in [2.05, 4.69) is 58.3 Å². The molecule has 0 amide bonds. The number of aryl methyl sites for hydroxylation is 1. The molecule has 0 unspecified atom stereocenters. The number of aromatic amines is 1. The number of nitrogens with one attached hydrogen (secondary N) is 1. The lowest BCUT2D eigenvalue weighted by atomic mass is 9.85. The molecule has 0 aliphatic heterocycles. The van der Waals surface area contributed by atoms with Gasteiger partial charge in [0, 0.05) is 40.0 Å². The normalized spacial score (nSPS) is 19.4. The number of hydrogen-bond donors (Lipinski definition) is 2. The van der Waals surface area contributed by atoms with Crippen molar-refractivity contribution in [2.24, 2.45) is 5.73 Å². The van der Waals surface area contributed by atoms with Crippen LogP contribution in [0.1, 0.15) is 68.5 Å². The van der Waals surface area contributed by atoms with Crippen LogP contribution in [-0.4, -0.2) is 26.2 Å². The Hall–Kier alpha value is -2.99. The van der Waals surface area contributed by atoms with Gasteiger partial charge in [-0.05, 0) is 61.6 Å². The van der Waals surface area contributed by atoms with Crippen molar-refractivity contribution in [2.45, 2.75) is 64.3 Å². The molecule has 1 aliphatic rings. The fraction of sp³-hybridized carbons (Fsp3) is 0.400. The van der Waals surface area contributed by atoms with Gasteiger partial charge in [0.05, 0.1) is 11.6 Å². The monoisotopic (exact) mass is 415 g/mol. The molecule has 0 saturated heterocycles. The summed E-state index contributed by atoms with van der Waals surface area (Å²) in [6, 6.07) is 10.6. The Morgan fingerprint density at radius 2 is 1.90 bits per heavy atom. The molecule has 1 aliphatic carbocycles. The van der Waals surface area contributed by atoms with Gasteiger partial charge in [-0.1, -0.05) is 26.7 Å². The second kappa shape index (κ2) is 7.93. The maximum Gasteiger partial charge on any atom is 0.247 e. The molecule has 4 aromatic rings. The number of benzene rings is 1. The van der Waals surface area contributed by atoms with Gasteiger partial charge < -0.3 is 15.1 Å². The molecule has 0 bridgehead atoms. The van der Waals surface area contributed by atoms with Gasteiger partial charge in [0.25, 0.3) is 0 Å². The van der Waals surface area contributed by atoms with Gasteiger partial charge in [0.15, 0.2) is 0 Å². The third-order valence-electron chi connectivity index (χ3n) is 6.43. The van der Waals surface area contributed by atoms with Crippen LogP contribution in [-0.2, 0) is 0 Å². The Morgan fingerprint density at radius 3 is 2.68 bits per heavy atom. The quantitative estimate of drug-likeness (QED) is 0.446. The highest BCUT2D eigenvalue weighted by Gasteiger charge is 2.28. The minimum Gasteiger partial charge on any atom is -0.420 e. The molecular weight excluding hydrogens is 386 g/mol. The predicted octanol–water partition coefficient (Wildman–Crippen LogP) is 5.70. The van der Waals surface area contributed by atoms with Gasteiger partial charge in [0.2, 0.25) is 11.8 Å². The fourth-order valence-electron chi connectivity index (χ4n) is 4.84. The Kier molecular flexibility index (Phi) is 5.10. The molecule has 6 heteroatoms. The molecule has 5 rings (SSSR count). The van der Waals surface area contributed by atoms with Crippen molar-refractivity contribution in [1.29, 1.82) is 0 Å². The largest absolute Gasteiger partial charge is 0.420 e. The lowest BCUT2D eigenvalue weighted by molar-refractivity contribution is 0.328. The summed E-state index contributed by atoms with van der Waals surface area (Å²) in [7, 11) is 0. The Balaban J connectivity index is 1.57. The third kappa shape index (κ3) is 3.65. The second-order valence-electron chi connectivity index (χ2n) is 9.01. The fourth-order valence-corrected chi connectivity index (χ4v) is 4.84. The number of fused-ring (bicyclic) bond motifs is 1. The minimum atomic E-state index is 0.105. The average molecular weight is 416 g/mol. The van der Waals surface area contributed by atoms with E-state index in [1.54, 1.807) is 0 Å². The van der Waals surface area contributed by atoms with Crippen molar-refractivity contribution >= 4 is 10.9 Å². The van der Waals surface area contributed by atoms with Crippen LogP contribution in [0.3, 0.4) is 0 Å². The number of H-pyrrole nitrogens is 1. The summed E-state index contributed by atoms with van der Waals surface area (Å²) in [5, 5.41) is 9.90. The van der Waals surface area contributed by atoms with Gasteiger partial charge in [-0.3, -0.25) is 4.98 Å². The van der Waals surface area contributed by atoms with Crippen LogP contribution in [0, 0.1) is 6.92 Å². The molecule has 31 heavy (non-hydrogen) atoms. The lowest BCUT2D eigenvalue weighted by Gasteiger charge is -2.25. The third-order valence-corrected chi connectivity index (χ3v) is 6.43. The number of aromatic nitrogens is 4. The Bertz CT molecular complexity index is 1220. The first-order chi connectivity index (χ1) is 15.0. The number of hydrogen-bond acceptors (Lipinski definition) is 5.